The summed E-state index contributed by atoms with van der Waals surface area (Å²) in [6.07, 6.45) is 5.33. The van der Waals surface area contributed by atoms with E-state index in [2.05, 4.69) is 54.7 Å². The topological polar surface area (TPSA) is 239 Å². The molecule has 4 aliphatic rings. The summed E-state index contributed by atoms with van der Waals surface area (Å²) < 4.78 is 0. The number of hydrogen-bond donors (Lipinski definition) is 8. The number of hydrogen-bond acceptors (Lipinski definition) is 10. The normalized spacial score (nSPS) is 22.9. The molecule has 2 aliphatic heterocycles. The maximum atomic E-state index is 14.6. The quantitative estimate of drug-likeness (QED) is 0.103. The molecule has 2 saturated heterocycles. The lowest BCUT2D eigenvalue weighted by atomic mass is 9.85. The Morgan fingerprint density at radius 3 is 1.21 bits per heavy atom. The van der Waals surface area contributed by atoms with Crippen molar-refractivity contribution in [2.45, 2.75) is 167 Å². The number of nitrogens with one attached hydrogen (secondary N) is 8. The maximum Gasteiger partial charge on any atom is 0.251 e. The van der Waals surface area contributed by atoms with Crippen molar-refractivity contribution in [3.8, 4) is 0 Å². The molecule has 2 aliphatic carbocycles. The minimum atomic E-state index is -0.981. The number of aryl methyl sites for hydroxylation is 2. The predicted molar refractivity (Wildman–Crippen MR) is 290 cm³/mol. The molecule has 0 radical (unpaired) electrons. The van der Waals surface area contributed by atoms with Crippen LogP contribution >= 0.6 is 0 Å². The van der Waals surface area contributed by atoms with Crippen LogP contribution in [0.15, 0.2) is 72.8 Å². The highest BCUT2D eigenvalue weighted by molar-refractivity contribution is 5.99. The molecule has 0 unspecified atom stereocenters. The lowest BCUT2D eigenvalue weighted by Crippen LogP contribution is -2.59. The molecule has 3 aromatic rings. The molecule has 2 heterocycles. The second kappa shape index (κ2) is 24.1. The molecule has 0 spiro atoms. The van der Waals surface area contributed by atoms with E-state index in [4.69, 9.17) is 0 Å². The fraction of sp³-hybridized carbons (Fsp3) is 0.552. The molecule has 410 valence electrons. The first kappa shape index (κ1) is 57.1. The van der Waals surface area contributed by atoms with Crippen LogP contribution in [0.4, 0.5) is 0 Å². The van der Waals surface area contributed by atoms with Crippen molar-refractivity contribution < 1.29 is 38.4 Å². The van der Waals surface area contributed by atoms with Crippen LogP contribution in [0.3, 0.4) is 0 Å². The maximum absolute atomic E-state index is 14.6. The number of carbonyl (C=O) groups is 8. The lowest BCUT2D eigenvalue weighted by molar-refractivity contribution is -0.144. The molecule has 0 saturated carbocycles. The highest BCUT2D eigenvalue weighted by atomic mass is 16.2. The molecule has 10 atom stereocenters. The molecule has 2 fully saturated rings. The zero-order valence-electron chi connectivity index (χ0n) is 45.9. The van der Waals surface area contributed by atoms with Crippen LogP contribution in [0, 0.1) is 10.8 Å². The van der Waals surface area contributed by atoms with E-state index in [-0.39, 0.29) is 72.8 Å². The highest BCUT2D eigenvalue weighted by Crippen LogP contribution is 2.34. The summed E-state index contributed by atoms with van der Waals surface area (Å²) >= 11 is 0. The SMILES string of the molecule is CN[C@@H](C)C(=O)N[C@H](C(=O)N1C[C@@H](NC(=O)c2ccc(C(=O)N[C@H]3C[C@@H](C(=O)N[C@@H]4CCCc5ccccc54)N(C(=O)[C@@H](NC(=O)[C@H](C)NC)C(C)(C)C)C3)cc2)C[C@H]1C(=O)N[C@@H]1CCCc2ccccc21)C(C)(C)C. The standard InChI is InChI=1S/C58H80N10O8/c1-33(59-9)49(69)65-47(57(3,4)5)55(75)67-31-39(29-45(67)53(73)63-43-23-15-19-35-17-11-13-21-41(35)43)61-51(71)37-25-27-38(28-26-37)52(72)62-40-30-46(54(74)64-44-24-16-20-36-18-12-14-22-42(36)44)68(32-40)56(76)48(58(6,7)8)66-50(70)34(2)60-10/h11-14,17-18,21-22,25-28,33-34,39-40,43-48,59-60H,15-16,19-20,23-24,29-32H2,1-10H3,(H,61,71)(H,62,72)(H,63,73)(H,64,74)(H,65,69)(H,66,70)/t33-,34-,39-,40-,43+,44+,45-,46-,47+,48+/m0/s1. The van der Waals surface area contributed by atoms with Gasteiger partial charge in [0.2, 0.25) is 35.4 Å². The first-order valence-corrected chi connectivity index (χ1v) is 27.0. The summed E-state index contributed by atoms with van der Waals surface area (Å²) in [6, 6.07) is 15.3. The Hall–Kier alpha value is -6.66. The second-order valence-corrected chi connectivity index (χ2v) is 23.3. The number of likely N-dealkylation sites (N-methyl/N-ethyl adjacent to an activating group) is 2. The van der Waals surface area contributed by atoms with Gasteiger partial charge in [0.15, 0.2) is 0 Å². The van der Waals surface area contributed by atoms with Crippen molar-refractivity contribution in [1.29, 1.82) is 0 Å². The minimum absolute atomic E-state index is 0.0141. The van der Waals surface area contributed by atoms with Crippen molar-refractivity contribution in [2.24, 2.45) is 10.8 Å². The van der Waals surface area contributed by atoms with Gasteiger partial charge in [0.1, 0.15) is 24.2 Å². The fourth-order valence-corrected chi connectivity index (χ4v) is 10.9. The van der Waals surface area contributed by atoms with Gasteiger partial charge in [-0.05, 0) is 137 Å². The van der Waals surface area contributed by atoms with E-state index in [9.17, 15) is 38.4 Å². The summed E-state index contributed by atoms with van der Waals surface area (Å²) in [7, 11) is 3.31. The Morgan fingerprint density at radius 2 is 0.868 bits per heavy atom. The van der Waals surface area contributed by atoms with E-state index in [1.165, 1.54) is 45.2 Å². The third-order valence-electron chi connectivity index (χ3n) is 15.7. The molecular formula is C58H80N10O8. The Kier molecular flexibility index (Phi) is 18.1. The van der Waals surface area contributed by atoms with Crippen LogP contribution in [0.1, 0.15) is 149 Å². The molecular weight excluding hydrogens is 965 g/mol. The molecule has 8 amide bonds. The number of nitrogens with zero attached hydrogens (tertiary/aromatic N) is 2. The van der Waals surface area contributed by atoms with Gasteiger partial charge in [-0.15, -0.1) is 0 Å². The Balaban J connectivity index is 1.06. The summed E-state index contributed by atoms with van der Waals surface area (Å²) in [5, 5.41) is 24.1. The predicted octanol–water partition coefficient (Wildman–Crippen LogP) is 3.75. The second-order valence-electron chi connectivity index (χ2n) is 23.3. The highest BCUT2D eigenvalue weighted by Gasteiger charge is 2.48. The molecule has 76 heavy (non-hydrogen) atoms. The third-order valence-corrected chi connectivity index (χ3v) is 15.7. The molecule has 0 bridgehead atoms. The minimum Gasteiger partial charge on any atom is -0.347 e. The van der Waals surface area contributed by atoms with Gasteiger partial charge in [-0.25, -0.2) is 0 Å². The molecule has 18 nitrogen and oxygen atoms in total. The van der Waals surface area contributed by atoms with Crippen molar-refractivity contribution >= 4 is 47.3 Å². The van der Waals surface area contributed by atoms with Crippen molar-refractivity contribution in [3.05, 3.63) is 106 Å². The molecule has 18 heteroatoms. The van der Waals surface area contributed by atoms with Gasteiger partial charge >= 0.3 is 0 Å². The fourth-order valence-electron chi connectivity index (χ4n) is 10.9. The number of amides is 8. The molecule has 8 N–H and O–H groups in total. The summed E-state index contributed by atoms with van der Waals surface area (Å²) in [6.45, 7) is 14.5. The lowest BCUT2D eigenvalue weighted by Gasteiger charge is -2.36. The van der Waals surface area contributed by atoms with Crippen LogP contribution in [0.25, 0.3) is 0 Å². The van der Waals surface area contributed by atoms with E-state index in [1.54, 1.807) is 27.9 Å². The largest absolute Gasteiger partial charge is 0.347 e. The monoisotopic (exact) mass is 1040 g/mol. The van der Waals surface area contributed by atoms with Crippen LogP contribution in [-0.4, -0.2) is 133 Å². The van der Waals surface area contributed by atoms with Crippen LogP contribution in [0.2, 0.25) is 0 Å². The van der Waals surface area contributed by atoms with Crippen molar-refractivity contribution in [1.82, 2.24) is 52.3 Å². The Morgan fingerprint density at radius 1 is 0.513 bits per heavy atom. The molecule has 3 aromatic carbocycles. The van der Waals surface area contributed by atoms with E-state index in [0.717, 1.165) is 49.7 Å². The van der Waals surface area contributed by atoms with E-state index < -0.39 is 82.8 Å². The Labute approximate surface area is 447 Å². The average molecular weight is 1050 g/mol. The summed E-state index contributed by atoms with van der Waals surface area (Å²) in [5.74, 6) is -3.23. The molecule has 0 aromatic heterocycles. The number of carbonyl (C=O) groups excluding carboxylic acids is 8. The number of benzene rings is 3. The van der Waals surface area contributed by atoms with Crippen molar-refractivity contribution in [3.63, 3.8) is 0 Å². The summed E-state index contributed by atoms with van der Waals surface area (Å²) in [5.41, 5.74) is 3.44. The van der Waals surface area contributed by atoms with Crippen LogP contribution in [-0.2, 0) is 41.6 Å². The van der Waals surface area contributed by atoms with Crippen molar-refractivity contribution in [2.75, 3.05) is 27.2 Å². The smallest absolute Gasteiger partial charge is 0.251 e. The first-order chi connectivity index (χ1) is 36.0. The van der Waals surface area contributed by atoms with Gasteiger partial charge in [0.25, 0.3) is 11.8 Å². The molecule has 7 rings (SSSR count). The van der Waals surface area contributed by atoms with Gasteiger partial charge in [0.05, 0.1) is 24.2 Å². The first-order valence-electron chi connectivity index (χ1n) is 27.0. The van der Waals surface area contributed by atoms with Gasteiger partial charge < -0.3 is 52.3 Å². The van der Waals surface area contributed by atoms with Gasteiger partial charge in [-0.1, -0.05) is 90.1 Å². The number of fused-ring (bicyclic) bond motifs is 2. The zero-order valence-corrected chi connectivity index (χ0v) is 45.9. The van der Waals surface area contributed by atoms with Gasteiger partial charge in [-0.3, -0.25) is 38.4 Å². The van der Waals surface area contributed by atoms with E-state index in [1.807, 2.05) is 77.9 Å². The number of rotatable bonds is 16. The third kappa shape index (κ3) is 13.3. The van der Waals surface area contributed by atoms with Gasteiger partial charge in [0, 0.05) is 36.3 Å². The van der Waals surface area contributed by atoms with Gasteiger partial charge in [-0.2, -0.15) is 0 Å². The summed E-state index contributed by atoms with van der Waals surface area (Å²) in [4.78, 5) is 115. The average Bonchev–Trinajstić information content (AvgIpc) is 4.03. The van der Waals surface area contributed by atoms with E-state index >= 15 is 0 Å². The van der Waals surface area contributed by atoms with Crippen LogP contribution in [0.5, 0.6) is 0 Å². The van der Waals surface area contributed by atoms with Crippen LogP contribution < -0.4 is 42.5 Å². The Bertz CT molecular complexity index is 2470. The zero-order chi connectivity index (χ0) is 55.2. The number of likely N-dealkylation sites (tertiary alicyclic amines) is 2. The van der Waals surface area contributed by atoms with E-state index in [0.29, 0.717) is 0 Å².